The van der Waals surface area contributed by atoms with Crippen LogP contribution >= 0.6 is 0 Å². The summed E-state index contributed by atoms with van der Waals surface area (Å²) >= 11 is 0. The summed E-state index contributed by atoms with van der Waals surface area (Å²) in [5.41, 5.74) is 1.04. The van der Waals surface area contributed by atoms with Crippen LogP contribution in [0.4, 0.5) is 0 Å². The summed E-state index contributed by atoms with van der Waals surface area (Å²) < 4.78 is 0. The summed E-state index contributed by atoms with van der Waals surface area (Å²) in [6.45, 7) is 0.483. The number of benzene rings is 1. The van der Waals surface area contributed by atoms with E-state index in [1.54, 1.807) is 24.3 Å². The lowest BCUT2D eigenvalue weighted by Crippen LogP contribution is -2.30. The fourth-order valence-electron chi connectivity index (χ4n) is 2.12. The van der Waals surface area contributed by atoms with Crippen molar-refractivity contribution in [2.45, 2.75) is 25.7 Å². The molecular weight excluding hydrogens is 226 g/mol. The molecule has 92 valence electrons. The van der Waals surface area contributed by atoms with E-state index in [2.05, 4.69) is 5.92 Å². The molecule has 0 saturated carbocycles. The Balaban J connectivity index is 1.95. The smallest absolute Gasteiger partial charge is 0.261 e. The topological polar surface area (TPSA) is 37.4 Å². The van der Waals surface area contributed by atoms with E-state index in [4.69, 9.17) is 6.42 Å². The second-order valence-corrected chi connectivity index (χ2v) is 4.32. The van der Waals surface area contributed by atoms with E-state index < -0.39 is 0 Å². The molecule has 0 bridgehead atoms. The maximum atomic E-state index is 12.0. The van der Waals surface area contributed by atoms with Gasteiger partial charge in [0, 0.05) is 13.0 Å². The van der Waals surface area contributed by atoms with E-state index in [0.717, 1.165) is 25.7 Å². The highest BCUT2D eigenvalue weighted by Gasteiger charge is 2.34. The molecule has 0 unspecified atom stereocenters. The molecule has 18 heavy (non-hydrogen) atoms. The van der Waals surface area contributed by atoms with Gasteiger partial charge in [0.2, 0.25) is 0 Å². The molecule has 1 aromatic carbocycles. The van der Waals surface area contributed by atoms with Crippen molar-refractivity contribution in [3.05, 3.63) is 35.4 Å². The molecule has 2 rings (SSSR count). The Morgan fingerprint density at radius 2 is 1.61 bits per heavy atom. The lowest BCUT2D eigenvalue weighted by Gasteiger charge is -2.12. The summed E-state index contributed by atoms with van der Waals surface area (Å²) in [6.07, 6.45) is 8.62. The molecular formula is C15H15NO2. The van der Waals surface area contributed by atoms with Crippen LogP contribution in [-0.4, -0.2) is 23.3 Å². The average Bonchev–Trinajstić information content (AvgIpc) is 2.64. The number of unbranched alkanes of at least 4 members (excludes halogenated alkanes) is 3. The summed E-state index contributed by atoms with van der Waals surface area (Å²) in [7, 11) is 0. The minimum Gasteiger partial charge on any atom is -0.274 e. The van der Waals surface area contributed by atoms with E-state index in [0.29, 0.717) is 17.7 Å². The largest absolute Gasteiger partial charge is 0.274 e. The van der Waals surface area contributed by atoms with Crippen LogP contribution in [-0.2, 0) is 0 Å². The van der Waals surface area contributed by atoms with Crippen molar-refractivity contribution < 1.29 is 9.59 Å². The Kier molecular flexibility index (Phi) is 3.78. The van der Waals surface area contributed by atoms with Crippen molar-refractivity contribution in [1.82, 2.24) is 4.90 Å². The van der Waals surface area contributed by atoms with Gasteiger partial charge in [-0.2, -0.15) is 0 Å². The minimum absolute atomic E-state index is 0.174. The molecule has 3 nitrogen and oxygen atoms in total. The first-order valence-corrected chi connectivity index (χ1v) is 6.14. The van der Waals surface area contributed by atoms with Gasteiger partial charge >= 0.3 is 0 Å². The van der Waals surface area contributed by atoms with Crippen LogP contribution in [0.25, 0.3) is 0 Å². The van der Waals surface area contributed by atoms with Gasteiger partial charge in [-0.25, -0.2) is 0 Å². The molecule has 1 aromatic rings. The van der Waals surface area contributed by atoms with Crippen LogP contribution < -0.4 is 0 Å². The lowest BCUT2D eigenvalue weighted by atomic mass is 10.1. The predicted octanol–water partition coefficient (Wildman–Crippen LogP) is 2.48. The number of amides is 2. The summed E-state index contributed by atoms with van der Waals surface area (Å²) in [6, 6.07) is 6.96. The molecule has 0 spiro atoms. The molecule has 0 N–H and O–H groups in total. The fraction of sp³-hybridized carbons (Fsp3) is 0.333. The number of hydrogen-bond acceptors (Lipinski definition) is 2. The van der Waals surface area contributed by atoms with Crippen LogP contribution in [0.3, 0.4) is 0 Å². The zero-order valence-corrected chi connectivity index (χ0v) is 10.2. The maximum absolute atomic E-state index is 12.0. The third-order valence-electron chi connectivity index (χ3n) is 3.08. The van der Waals surface area contributed by atoms with Gasteiger partial charge < -0.3 is 0 Å². The van der Waals surface area contributed by atoms with Crippen molar-refractivity contribution in [3.63, 3.8) is 0 Å². The van der Waals surface area contributed by atoms with Gasteiger partial charge in [-0.05, 0) is 25.0 Å². The highest BCUT2D eigenvalue weighted by atomic mass is 16.2. The Bertz CT molecular complexity index is 478. The number of hydrogen-bond donors (Lipinski definition) is 0. The normalized spacial score (nSPS) is 13.6. The van der Waals surface area contributed by atoms with Crippen molar-refractivity contribution in [2.24, 2.45) is 0 Å². The minimum atomic E-state index is -0.174. The zero-order valence-electron chi connectivity index (χ0n) is 10.2. The van der Waals surface area contributed by atoms with Gasteiger partial charge in [-0.3, -0.25) is 14.5 Å². The zero-order chi connectivity index (χ0) is 13.0. The third-order valence-corrected chi connectivity index (χ3v) is 3.08. The Hall–Kier alpha value is -2.08. The van der Waals surface area contributed by atoms with Crippen LogP contribution in [0.5, 0.6) is 0 Å². The highest BCUT2D eigenvalue weighted by Crippen LogP contribution is 2.22. The number of rotatable bonds is 5. The van der Waals surface area contributed by atoms with E-state index in [1.165, 1.54) is 4.90 Å². The number of carbonyl (C=O) groups is 2. The van der Waals surface area contributed by atoms with E-state index >= 15 is 0 Å². The first kappa shape index (κ1) is 12.4. The van der Waals surface area contributed by atoms with Crippen molar-refractivity contribution in [2.75, 3.05) is 6.54 Å². The second kappa shape index (κ2) is 5.50. The number of fused-ring (bicyclic) bond motifs is 1. The Labute approximate surface area is 107 Å². The van der Waals surface area contributed by atoms with Gasteiger partial charge in [0.05, 0.1) is 11.1 Å². The maximum Gasteiger partial charge on any atom is 0.261 e. The second-order valence-electron chi connectivity index (χ2n) is 4.32. The molecule has 0 aliphatic carbocycles. The molecule has 0 atom stereocenters. The van der Waals surface area contributed by atoms with Crippen molar-refractivity contribution >= 4 is 11.8 Å². The number of imide groups is 1. The molecule has 3 heteroatoms. The number of terminal acetylenes is 1. The summed E-state index contributed by atoms with van der Waals surface area (Å²) in [5.74, 6) is 2.23. The number of carbonyl (C=O) groups excluding carboxylic acids is 2. The van der Waals surface area contributed by atoms with E-state index in [9.17, 15) is 9.59 Å². The highest BCUT2D eigenvalue weighted by molar-refractivity contribution is 6.21. The van der Waals surface area contributed by atoms with Gasteiger partial charge in [0.15, 0.2) is 0 Å². The molecule has 0 radical (unpaired) electrons. The molecule has 1 heterocycles. The van der Waals surface area contributed by atoms with Crippen LogP contribution in [0, 0.1) is 12.3 Å². The van der Waals surface area contributed by atoms with Gasteiger partial charge in [0.1, 0.15) is 0 Å². The predicted molar refractivity (Wildman–Crippen MR) is 69.1 cm³/mol. The van der Waals surface area contributed by atoms with E-state index in [1.807, 2.05) is 0 Å². The SMILES string of the molecule is C#CCCCCCN1C(=O)c2ccccc2C1=O. The molecule has 1 aliphatic heterocycles. The molecule has 1 aliphatic rings. The van der Waals surface area contributed by atoms with Crippen LogP contribution in [0.15, 0.2) is 24.3 Å². The quantitative estimate of drug-likeness (QED) is 0.451. The van der Waals surface area contributed by atoms with Crippen molar-refractivity contribution in [3.8, 4) is 12.3 Å². The summed E-state index contributed by atoms with van der Waals surface area (Å²) in [5, 5.41) is 0. The Morgan fingerprint density at radius 3 is 2.17 bits per heavy atom. The average molecular weight is 241 g/mol. The van der Waals surface area contributed by atoms with Gasteiger partial charge in [-0.1, -0.05) is 18.6 Å². The van der Waals surface area contributed by atoms with Gasteiger partial charge in [-0.15, -0.1) is 12.3 Å². The standard InChI is InChI=1S/C15H15NO2/c1-2-3-4-5-8-11-16-14(17)12-9-6-7-10-13(12)15(16)18/h1,6-7,9-10H,3-5,8,11H2. The van der Waals surface area contributed by atoms with Gasteiger partial charge in [0.25, 0.3) is 11.8 Å². The van der Waals surface area contributed by atoms with Crippen molar-refractivity contribution in [1.29, 1.82) is 0 Å². The molecule has 0 saturated heterocycles. The fourth-order valence-corrected chi connectivity index (χ4v) is 2.12. The molecule has 0 aromatic heterocycles. The third kappa shape index (κ3) is 2.28. The lowest BCUT2D eigenvalue weighted by molar-refractivity contribution is 0.0651. The molecule has 2 amide bonds. The summed E-state index contributed by atoms with van der Waals surface area (Å²) in [4.78, 5) is 25.3. The first-order valence-electron chi connectivity index (χ1n) is 6.14. The Morgan fingerprint density at radius 1 is 1.00 bits per heavy atom. The van der Waals surface area contributed by atoms with E-state index in [-0.39, 0.29) is 11.8 Å². The van der Waals surface area contributed by atoms with Crippen LogP contribution in [0.1, 0.15) is 46.4 Å². The monoisotopic (exact) mass is 241 g/mol. The van der Waals surface area contributed by atoms with Crippen LogP contribution in [0.2, 0.25) is 0 Å². The molecule has 0 fully saturated rings. The first-order chi connectivity index (χ1) is 8.75. The number of nitrogens with zero attached hydrogens (tertiary/aromatic N) is 1.